The third kappa shape index (κ3) is 3.87. The lowest BCUT2D eigenvalue weighted by molar-refractivity contribution is 0.0380. The molecule has 0 unspecified atom stereocenters. The molecule has 0 atom stereocenters. The summed E-state index contributed by atoms with van der Waals surface area (Å²) >= 11 is 5.82. The van der Waals surface area contributed by atoms with Gasteiger partial charge >= 0.3 is 5.97 Å². The molecule has 20 heavy (non-hydrogen) atoms. The summed E-state index contributed by atoms with van der Waals surface area (Å²) in [6.07, 6.45) is 5.87. The number of rotatable bonds is 4. The molecular weight excluding hydrogens is 278 g/mol. The molecule has 0 spiro atoms. The smallest absolute Gasteiger partial charge is 0.337 e. The molecule has 110 valence electrons. The van der Waals surface area contributed by atoms with Crippen LogP contribution in [-0.2, 0) is 0 Å². The molecule has 0 radical (unpaired) electrons. The minimum absolute atomic E-state index is 0.134. The van der Waals surface area contributed by atoms with Crippen LogP contribution in [0.2, 0.25) is 5.02 Å². The summed E-state index contributed by atoms with van der Waals surface area (Å²) in [6, 6.07) is 4.71. The maximum Gasteiger partial charge on any atom is 0.337 e. The van der Waals surface area contributed by atoms with Crippen molar-refractivity contribution in [2.75, 3.05) is 11.9 Å². The number of carbonyl (C=O) groups is 1. The Morgan fingerprint density at radius 2 is 1.90 bits per heavy atom. The molecular formula is C15H20ClNO3. The zero-order valence-corrected chi connectivity index (χ0v) is 12.1. The fourth-order valence-corrected chi connectivity index (χ4v) is 2.84. The van der Waals surface area contributed by atoms with E-state index in [9.17, 15) is 15.0 Å². The normalized spacial score (nSPS) is 18.3. The average Bonchev–Trinajstić information content (AvgIpc) is 2.62. The Morgan fingerprint density at radius 1 is 1.25 bits per heavy atom. The van der Waals surface area contributed by atoms with Crippen LogP contribution in [0.1, 0.15) is 48.9 Å². The quantitative estimate of drug-likeness (QED) is 0.744. The Balaban J connectivity index is 2.08. The molecule has 0 amide bonds. The van der Waals surface area contributed by atoms with E-state index in [0.717, 1.165) is 38.5 Å². The molecule has 0 saturated heterocycles. The number of aliphatic hydroxyl groups is 1. The van der Waals surface area contributed by atoms with E-state index < -0.39 is 11.6 Å². The Kier molecular flexibility index (Phi) is 4.89. The molecule has 1 aromatic carbocycles. The van der Waals surface area contributed by atoms with Gasteiger partial charge in [-0.25, -0.2) is 4.79 Å². The van der Waals surface area contributed by atoms with Gasteiger partial charge < -0.3 is 15.5 Å². The highest BCUT2D eigenvalue weighted by molar-refractivity contribution is 6.31. The number of benzene rings is 1. The molecule has 2 rings (SSSR count). The summed E-state index contributed by atoms with van der Waals surface area (Å²) in [4.78, 5) is 11.2. The first kappa shape index (κ1) is 15.1. The molecule has 1 saturated carbocycles. The van der Waals surface area contributed by atoms with Crippen LogP contribution in [0, 0.1) is 0 Å². The Morgan fingerprint density at radius 3 is 2.50 bits per heavy atom. The van der Waals surface area contributed by atoms with E-state index in [2.05, 4.69) is 5.32 Å². The molecule has 1 fully saturated rings. The van der Waals surface area contributed by atoms with Gasteiger partial charge in [-0.15, -0.1) is 0 Å². The summed E-state index contributed by atoms with van der Waals surface area (Å²) in [5.41, 5.74) is -0.111. The molecule has 5 heteroatoms. The lowest BCUT2D eigenvalue weighted by atomic mass is 9.94. The van der Waals surface area contributed by atoms with Gasteiger partial charge in [-0.05, 0) is 31.0 Å². The number of aromatic carboxylic acids is 1. The summed E-state index contributed by atoms with van der Waals surface area (Å²) in [5, 5.41) is 23.2. The van der Waals surface area contributed by atoms with Gasteiger partial charge in [0.25, 0.3) is 0 Å². The van der Waals surface area contributed by atoms with Crippen LogP contribution in [0.25, 0.3) is 0 Å². The standard InChI is InChI=1S/C15H20ClNO3/c16-11-5-6-13(12(9-11)14(18)19)17-10-15(20)7-3-1-2-4-8-15/h5-6,9,17,20H,1-4,7-8,10H2,(H,18,19). The number of nitrogens with one attached hydrogen (secondary N) is 1. The van der Waals surface area contributed by atoms with Gasteiger partial charge in [-0.2, -0.15) is 0 Å². The Labute approximate surface area is 123 Å². The predicted molar refractivity (Wildman–Crippen MR) is 79.6 cm³/mol. The van der Waals surface area contributed by atoms with Crippen LogP contribution in [0.4, 0.5) is 5.69 Å². The molecule has 1 aliphatic rings. The summed E-state index contributed by atoms with van der Waals surface area (Å²) in [6.45, 7) is 0.370. The van der Waals surface area contributed by atoms with Gasteiger partial charge in [-0.1, -0.05) is 37.3 Å². The van der Waals surface area contributed by atoms with Crippen molar-refractivity contribution in [1.82, 2.24) is 0 Å². The molecule has 0 aliphatic heterocycles. The van der Waals surface area contributed by atoms with E-state index in [-0.39, 0.29) is 5.56 Å². The maximum atomic E-state index is 11.2. The van der Waals surface area contributed by atoms with Gasteiger partial charge in [-0.3, -0.25) is 0 Å². The van der Waals surface area contributed by atoms with E-state index >= 15 is 0 Å². The van der Waals surface area contributed by atoms with Gasteiger partial charge in [0.2, 0.25) is 0 Å². The number of hydrogen-bond acceptors (Lipinski definition) is 3. The molecule has 0 aromatic heterocycles. The zero-order chi connectivity index (χ0) is 14.6. The van der Waals surface area contributed by atoms with Crippen molar-refractivity contribution in [1.29, 1.82) is 0 Å². The highest BCUT2D eigenvalue weighted by Gasteiger charge is 2.28. The predicted octanol–water partition coefficient (Wildman–Crippen LogP) is 3.54. The molecule has 1 aliphatic carbocycles. The van der Waals surface area contributed by atoms with Crippen LogP contribution in [-0.4, -0.2) is 28.3 Å². The maximum absolute atomic E-state index is 11.2. The van der Waals surface area contributed by atoms with E-state index in [1.807, 2.05) is 0 Å². The fourth-order valence-electron chi connectivity index (χ4n) is 2.67. The highest BCUT2D eigenvalue weighted by Crippen LogP contribution is 2.28. The van der Waals surface area contributed by atoms with Gasteiger partial charge in [0.15, 0.2) is 0 Å². The minimum atomic E-state index is -1.03. The Bertz CT molecular complexity index is 482. The lowest BCUT2D eigenvalue weighted by Gasteiger charge is -2.27. The topological polar surface area (TPSA) is 69.6 Å². The second-order valence-corrected chi connectivity index (χ2v) is 5.92. The number of anilines is 1. The van der Waals surface area contributed by atoms with E-state index in [4.69, 9.17) is 11.6 Å². The molecule has 4 nitrogen and oxygen atoms in total. The first-order chi connectivity index (χ1) is 9.50. The van der Waals surface area contributed by atoms with Crippen molar-refractivity contribution in [3.05, 3.63) is 28.8 Å². The van der Waals surface area contributed by atoms with Crippen LogP contribution < -0.4 is 5.32 Å². The average molecular weight is 298 g/mol. The van der Waals surface area contributed by atoms with Crippen LogP contribution in [0.3, 0.4) is 0 Å². The molecule has 1 aromatic rings. The largest absolute Gasteiger partial charge is 0.478 e. The van der Waals surface area contributed by atoms with Crippen LogP contribution in [0.5, 0.6) is 0 Å². The minimum Gasteiger partial charge on any atom is -0.478 e. The fraction of sp³-hybridized carbons (Fsp3) is 0.533. The van der Waals surface area contributed by atoms with Crippen LogP contribution in [0.15, 0.2) is 18.2 Å². The molecule has 0 bridgehead atoms. The van der Waals surface area contributed by atoms with Crippen molar-refractivity contribution in [3.8, 4) is 0 Å². The second-order valence-electron chi connectivity index (χ2n) is 5.49. The van der Waals surface area contributed by atoms with Gasteiger partial charge in [0.1, 0.15) is 0 Å². The first-order valence-electron chi connectivity index (χ1n) is 6.99. The number of hydrogen-bond donors (Lipinski definition) is 3. The van der Waals surface area contributed by atoms with Crippen molar-refractivity contribution >= 4 is 23.3 Å². The van der Waals surface area contributed by atoms with Crippen molar-refractivity contribution in [2.24, 2.45) is 0 Å². The van der Waals surface area contributed by atoms with Gasteiger partial charge in [0.05, 0.1) is 11.2 Å². The summed E-state index contributed by atoms with van der Waals surface area (Å²) in [5.74, 6) is -1.03. The van der Waals surface area contributed by atoms with E-state index in [1.165, 1.54) is 6.07 Å². The third-order valence-corrected chi connectivity index (χ3v) is 4.09. The Hall–Kier alpha value is -1.26. The number of carboxylic acid groups (broad SMARTS) is 1. The lowest BCUT2D eigenvalue weighted by Crippen LogP contribution is -2.36. The van der Waals surface area contributed by atoms with E-state index in [0.29, 0.717) is 17.3 Å². The SMILES string of the molecule is O=C(O)c1cc(Cl)ccc1NCC1(O)CCCCCC1. The van der Waals surface area contributed by atoms with E-state index in [1.54, 1.807) is 12.1 Å². The van der Waals surface area contributed by atoms with Crippen LogP contribution >= 0.6 is 11.6 Å². The molecule has 0 heterocycles. The number of carboxylic acids is 1. The highest BCUT2D eigenvalue weighted by atomic mass is 35.5. The van der Waals surface area contributed by atoms with Crippen molar-refractivity contribution in [2.45, 2.75) is 44.1 Å². The van der Waals surface area contributed by atoms with Crippen molar-refractivity contribution < 1.29 is 15.0 Å². The second kappa shape index (κ2) is 6.46. The monoisotopic (exact) mass is 297 g/mol. The summed E-state index contributed by atoms with van der Waals surface area (Å²) in [7, 11) is 0. The summed E-state index contributed by atoms with van der Waals surface area (Å²) < 4.78 is 0. The first-order valence-corrected chi connectivity index (χ1v) is 7.37. The molecule has 3 N–H and O–H groups in total. The zero-order valence-electron chi connectivity index (χ0n) is 11.4. The van der Waals surface area contributed by atoms with Gasteiger partial charge in [0, 0.05) is 17.3 Å². The number of halogens is 1. The van der Waals surface area contributed by atoms with Crippen molar-refractivity contribution in [3.63, 3.8) is 0 Å². The third-order valence-electron chi connectivity index (χ3n) is 3.85.